The number of hydrogen-bond acceptors (Lipinski definition) is 17. The van der Waals surface area contributed by atoms with E-state index in [0.717, 1.165) is 29.4 Å². The predicted molar refractivity (Wildman–Crippen MR) is 343 cm³/mol. The normalized spacial score (nSPS) is 23.0. The molecule has 1 saturated heterocycles. The number of carbonyl (C=O) groups is 11. The lowest BCUT2D eigenvalue weighted by Gasteiger charge is -2.41. The van der Waals surface area contributed by atoms with Crippen molar-refractivity contribution >= 4 is 65.1 Å². The maximum Gasteiger partial charge on any atom is 0.328 e. The number of amides is 9. The number of cyclic esters (lactones) is 1. The number of benzene rings is 1. The fraction of sp³-hybridized carbons (Fsp3) is 0.738. The van der Waals surface area contributed by atoms with Crippen molar-refractivity contribution in [3.8, 4) is 5.75 Å². The molecule has 1 aliphatic heterocycles. The number of ether oxygens (including phenoxy) is 5. The fourth-order valence-corrected chi connectivity index (χ4v) is 11.2. The summed E-state index contributed by atoms with van der Waals surface area (Å²) in [6.07, 6.45) is -2.78. The highest BCUT2D eigenvalue weighted by Gasteiger charge is 2.47. The number of rotatable bonds is 24. The summed E-state index contributed by atoms with van der Waals surface area (Å²) in [5.41, 5.74) is 0.597. The van der Waals surface area contributed by atoms with Crippen molar-refractivity contribution in [3.63, 3.8) is 0 Å². The van der Waals surface area contributed by atoms with Gasteiger partial charge in [-0.25, -0.2) is 4.79 Å². The van der Waals surface area contributed by atoms with Gasteiger partial charge in [-0.05, 0) is 101 Å². The molecule has 9 amide bonds. The number of likely N-dealkylation sites (N-methyl/N-ethyl adjacent to an activating group) is 8. The number of methoxy groups -OCH3 is 3. The lowest BCUT2D eigenvalue weighted by atomic mass is 9.98. The molecule has 26 heteroatoms. The van der Waals surface area contributed by atoms with Gasteiger partial charge in [-0.15, -0.1) is 0 Å². The van der Waals surface area contributed by atoms with Gasteiger partial charge in [0.1, 0.15) is 72.3 Å². The van der Waals surface area contributed by atoms with E-state index in [4.69, 9.17) is 23.7 Å². The third-order valence-electron chi connectivity index (χ3n) is 16.8. The third-order valence-corrected chi connectivity index (χ3v) is 16.8. The van der Waals surface area contributed by atoms with Crippen LogP contribution in [0.5, 0.6) is 5.75 Å². The Balaban J connectivity index is 3.02. The van der Waals surface area contributed by atoms with Crippen LogP contribution in [-0.2, 0) is 78.1 Å². The highest BCUT2D eigenvalue weighted by Crippen LogP contribution is 2.25. The van der Waals surface area contributed by atoms with E-state index in [1.54, 1.807) is 57.1 Å². The van der Waals surface area contributed by atoms with Gasteiger partial charge in [0.2, 0.25) is 47.3 Å². The standard InChI is InChI=1S/C65H110N10O16/c1-36(2)30-47-55(76)66-41(11)57(78)70(17)48(31-37(3)4)56(77)67-46(33-44-26-28-45(89-25)29-27-44)58(79)69(16)42(12)64(85)90-43(13)53(62(83)73(20)50(34-87-23)60(81)71(47)18)75(22)59(80)49(32-38(5)6)72(19)61(82)51(35-88-24)74(21)63(84)54(40(9)10)91-65(86)52(39(7)8)68(14)15/h26-29,36-43,46-54H,30-35H2,1-25H3,(H,66,76)(H,67,77)/t41-,42-,43+,46-,47-,48-,49-,50-,51-,52?,53-,54?/m0/s1. The molecule has 0 aliphatic carbocycles. The SMILES string of the molecule is COC[C@@H](C(=O)N(C)[C@@H](CC(C)C)C(=O)N(C)[C@@H]1C(=O)N(C)[C@@H](COC)C(=O)N(C)[C@@H](CC(C)C)C(=O)N[C@@H](C)C(=O)N(C)[C@@H](CC(C)C)C(=O)N[C@@H](Cc2ccc(OC)cc2)C(=O)N(C)[C@@H](C)C(=O)O[C@@H]1C)N(C)C(=O)C(OC(=O)C(C(C)C)N(C)C)C(C)C. The zero-order valence-electron chi connectivity index (χ0n) is 59.0. The zero-order chi connectivity index (χ0) is 70.0. The first kappa shape index (κ1) is 80.2. The first-order chi connectivity index (χ1) is 42.2. The molecule has 1 aromatic carbocycles. The van der Waals surface area contributed by atoms with Crippen molar-refractivity contribution in [1.29, 1.82) is 0 Å². The Labute approximate surface area is 540 Å². The lowest BCUT2D eigenvalue weighted by molar-refractivity contribution is -0.171. The van der Waals surface area contributed by atoms with E-state index < -0.39 is 150 Å². The number of esters is 2. The fourth-order valence-electron chi connectivity index (χ4n) is 11.2. The number of nitrogens with one attached hydrogen (secondary N) is 2. The Kier molecular flexibility index (Phi) is 32.0. The molecule has 0 spiro atoms. The average molecular weight is 1290 g/mol. The molecule has 26 nitrogen and oxygen atoms in total. The van der Waals surface area contributed by atoms with Crippen LogP contribution in [0.4, 0.5) is 0 Å². The second kappa shape index (κ2) is 36.3. The second-order valence-electron chi connectivity index (χ2n) is 26.4. The zero-order valence-corrected chi connectivity index (χ0v) is 59.0. The molecular weight excluding hydrogens is 1180 g/mol. The molecule has 1 fully saturated rings. The van der Waals surface area contributed by atoms with Crippen LogP contribution in [0.1, 0.15) is 115 Å². The molecule has 1 heterocycles. The van der Waals surface area contributed by atoms with Crippen molar-refractivity contribution in [2.45, 2.75) is 188 Å². The molecule has 0 aromatic heterocycles. The minimum absolute atomic E-state index is 0.00712. The van der Waals surface area contributed by atoms with E-state index in [1.807, 2.05) is 55.4 Å². The number of nitrogens with zero attached hydrogens (tertiary/aromatic N) is 8. The lowest BCUT2D eigenvalue weighted by Crippen LogP contribution is -2.64. The molecule has 2 rings (SSSR count). The van der Waals surface area contributed by atoms with Crippen LogP contribution < -0.4 is 15.4 Å². The first-order valence-corrected chi connectivity index (χ1v) is 31.4. The van der Waals surface area contributed by atoms with Gasteiger partial charge in [0, 0.05) is 70.0 Å². The van der Waals surface area contributed by atoms with E-state index in [0.29, 0.717) is 11.3 Å². The van der Waals surface area contributed by atoms with Gasteiger partial charge in [-0.2, -0.15) is 0 Å². The van der Waals surface area contributed by atoms with E-state index in [9.17, 15) is 33.6 Å². The van der Waals surface area contributed by atoms with Crippen molar-refractivity contribution in [3.05, 3.63) is 29.8 Å². The topological polar surface area (TPSA) is 284 Å². The van der Waals surface area contributed by atoms with Crippen molar-refractivity contribution in [2.75, 3.05) is 98.0 Å². The van der Waals surface area contributed by atoms with Crippen LogP contribution in [-0.4, -0.2) is 275 Å². The molecule has 2 N–H and O–H groups in total. The summed E-state index contributed by atoms with van der Waals surface area (Å²) < 4.78 is 28.5. The Morgan fingerprint density at radius 3 is 1.55 bits per heavy atom. The Bertz CT molecular complexity index is 2630. The van der Waals surface area contributed by atoms with Crippen LogP contribution >= 0.6 is 0 Å². The predicted octanol–water partition coefficient (Wildman–Crippen LogP) is 2.57. The quantitative estimate of drug-likeness (QED) is 0.141. The van der Waals surface area contributed by atoms with Crippen LogP contribution in [0.3, 0.4) is 0 Å². The van der Waals surface area contributed by atoms with Gasteiger partial charge in [-0.3, -0.25) is 52.8 Å². The Hall–Kier alpha value is -6.93. The van der Waals surface area contributed by atoms with E-state index in [-0.39, 0.29) is 56.0 Å². The largest absolute Gasteiger partial charge is 0.497 e. The minimum Gasteiger partial charge on any atom is -0.497 e. The first-order valence-electron chi connectivity index (χ1n) is 31.4. The van der Waals surface area contributed by atoms with Gasteiger partial charge in [0.25, 0.3) is 5.91 Å². The van der Waals surface area contributed by atoms with E-state index >= 15 is 19.2 Å². The van der Waals surface area contributed by atoms with E-state index in [2.05, 4.69) is 10.6 Å². The Morgan fingerprint density at radius 2 is 1.09 bits per heavy atom. The summed E-state index contributed by atoms with van der Waals surface area (Å²) >= 11 is 0. The molecule has 0 bridgehead atoms. The molecule has 91 heavy (non-hydrogen) atoms. The summed E-state index contributed by atoms with van der Waals surface area (Å²) in [7, 11) is 17.0. The summed E-state index contributed by atoms with van der Waals surface area (Å²) in [6, 6.07) is -6.39. The molecular formula is C65H110N10O16. The molecule has 1 aliphatic rings. The van der Waals surface area contributed by atoms with Gasteiger partial charge >= 0.3 is 11.9 Å². The minimum atomic E-state index is -1.79. The maximum absolute atomic E-state index is 15.6. The highest BCUT2D eigenvalue weighted by molar-refractivity contribution is 5.99. The molecule has 0 radical (unpaired) electrons. The number of hydrogen-bond donors (Lipinski definition) is 2. The maximum atomic E-state index is 15.6. The summed E-state index contributed by atoms with van der Waals surface area (Å²) in [5.74, 6) is -9.33. The number of carbonyl (C=O) groups excluding carboxylic acids is 11. The van der Waals surface area contributed by atoms with Gasteiger partial charge in [-0.1, -0.05) is 81.4 Å². The van der Waals surface area contributed by atoms with Crippen LogP contribution in [0, 0.1) is 29.6 Å². The van der Waals surface area contributed by atoms with Gasteiger partial charge in [0.05, 0.1) is 20.3 Å². The van der Waals surface area contributed by atoms with Crippen molar-refractivity contribution in [2.24, 2.45) is 29.6 Å². The third kappa shape index (κ3) is 21.6. The monoisotopic (exact) mass is 1290 g/mol. The Morgan fingerprint density at radius 1 is 0.582 bits per heavy atom. The van der Waals surface area contributed by atoms with Crippen molar-refractivity contribution < 1.29 is 76.4 Å². The molecule has 2 unspecified atom stereocenters. The average Bonchev–Trinajstić information content (AvgIpc) is 0.820. The van der Waals surface area contributed by atoms with Crippen LogP contribution in [0.15, 0.2) is 24.3 Å². The highest BCUT2D eigenvalue weighted by atomic mass is 16.6. The van der Waals surface area contributed by atoms with Crippen LogP contribution in [0.2, 0.25) is 0 Å². The smallest absolute Gasteiger partial charge is 0.328 e. The molecule has 12 atom stereocenters. The summed E-state index contributed by atoms with van der Waals surface area (Å²) in [5, 5.41) is 5.62. The van der Waals surface area contributed by atoms with Crippen molar-refractivity contribution in [1.82, 2.24) is 49.8 Å². The molecule has 0 saturated carbocycles. The van der Waals surface area contributed by atoms with Gasteiger partial charge < -0.3 is 68.6 Å². The molecule has 516 valence electrons. The van der Waals surface area contributed by atoms with Crippen LogP contribution in [0.25, 0.3) is 0 Å². The van der Waals surface area contributed by atoms with Gasteiger partial charge in [0.15, 0.2) is 6.10 Å². The van der Waals surface area contributed by atoms with E-state index in [1.165, 1.54) is 96.3 Å². The summed E-state index contributed by atoms with van der Waals surface area (Å²) in [4.78, 5) is 172. The molecule has 1 aromatic rings. The summed E-state index contributed by atoms with van der Waals surface area (Å²) in [6.45, 7) is 21.5. The second-order valence-corrected chi connectivity index (χ2v) is 26.4.